The number of methoxy groups -OCH3 is 2. The van der Waals surface area contributed by atoms with Crippen molar-refractivity contribution in [3.05, 3.63) is 41.5 Å². The summed E-state index contributed by atoms with van der Waals surface area (Å²) in [5, 5.41) is 2.88. The van der Waals surface area contributed by atoms with E-state index in [0.717, 1.165) is 36.0 Å². The first kappa shape index (κ1) is 23.9. The summed E-state index contributed by atoms with van der Waals surface area (Å²) in [6.07, 6.45) is 2.39. The van der Waals surface area contributed by atoms with Crippen LogP contribution in [0.3, 0.4) is 0 Å². The molecular weight excluding hydrogens is 434 g/mol. The highest BCUT2D eigenvalue weighted by Gasteiger charge is 2.47. The molecule has 7 heteroatoms. The molecule has 0 aromatic heterocycles. The van der Waals surface area contributed by atoms with Crippen molar-refractivity contribution in [2.24, 2.45) is 10.8 Å². The van der Waals surface area contributed by atoms with Crippen LogP contribution in [0.15, 0.2) is 30.3 Å². The molecule has 1 aliphatic heterocycles. The normalized spacial score (nSPS) is 16.2. The maximum absolute atomic E-state index is 13.0. The molecule has 2 aromatic carbocycles. The monoisotopic (exact) mass is 467 g/mol. The van der Waals surface area contributed by atoms with E-state index in [2.05, 4.69) is 5.32 Å². The molecule has 0 unspecified atom stereocenters. The van der Waals surface area contributed by atoms with E-state index < -0.39 is 5.41 Å². The highest BCUT2D eigenvalue weighted by atomic mass is 16.5. The third-order valence-electron chi connectivity index (χ3n) is 6.51. The zero-order valence-corrected chi connectivity index (χ0v) is 20.6. The highest BCUT2D eigenvalue weighted by Crippen LogP contribution is 2.48. The quantitative estimate of drug-likeness (QED) is 0.564. The Morgan fingerprint density at radius 1 is 1.00 bits per heavy atom. The molecular formula is C27H33NO6. The van der Waals surface area contributed by atoms with E-state index in [1.807, 2.05) is 51.1 Å². The van der Waals surface area contributed by atoms with E-state index in [9.17, 15) is 9.59 Å². The Morgan fingerprint density at radius 2 is 1.74 bits per heavy atom. The van der Waals surface area contributed by atoms with Gasteiger partial charge in [-0.05, 0) is 47.6 Å². The van der Waals surface area contributed by atoms with Crippen molar-refractivity contribution in [1.82, 2.24) is 5.32 Å². The van der Waals surface area contributed by atoms with E-state index in [-0.39, 0.29) is 23.9 Å². The van der Waals surface area contributed by atoms with Crippen LogP contribution in [0.2, 0.25) is 0 Å². The number of hydrogen-bond donors (Lipinski definition) is 1. The minimum atomic E-state index is -0.674. The summed E-state index contributed by atoms with van der Waals surface area (Å²) in [5.41, 5.74) is 2.44. The third kappa shape index (κ3) is 4.43. The third-order valence-corrected chi connectivity index (χ3v) is 6.51. The molecule has 4 rings (SSSR count). The summed E-state index contributed by atoms with van der Waals surface area (Å²) >= 11 is 0. The molecule has 0 radical (unpaired) electrons. The fraction of sp³-hybridized carbons (Fsp3) is 0.481. The van der Waals surface area contributed by atoms with Crippen LogP contribution in [0, 0.1) is 10.8 Å². The van der Waals surface area contributed by atoms with E-state index in [1.54, 1.807) is 14.2 Å². The molecule has 0 atom stereocenters. The highest BCUT2D eigenvalue weighted by molar-refractivity contribution is 6.01. The summed E-state index contributed by atoms with van der Waals surface area (Å²) in [4.78, 5) is 25.3. The summed E-state index contributed by atoms with van der Waals surface area (Å²) < 4.78 is 23.3. The Kier molecular flexibility index (Phi) is 6.47. The van der Waals surface area contributed by atoms with Gasteiger partial charge in [-0.2, -0.15) is 0 Å². The van der Waals surface area contributed by atoms with Gasteiger partial charge in [0.25, 0.3) is 5.91 Å². The fourth-order valence-corrected chi connectivity index (χ4v) is 4.42. The van der Waals surface area contributed by atoms with Crippen molar-refractivity contribution in [3.63, 3.8) is 0 Å². The lowest BCUT2D eigenvalue weighted by atomic mass is 9.69. The zero-order valence-electron chi connectivity index (χ0n) is 20.6. The maximum atomic E-state index is 13.0. The number of hydrogen-bond acceptors (Lipinski definition) is 6. The zero-order chi connectivity index (χ0) is 24.5. The van der Waals surface area contributed by atoms with E-state index in [4.69, 9.17) is 18.9 Å². The molecule has 0 spiro atoms. The average Bonchev–Trinajstić information content (AvgIpc) is 3.17. The van der Waals surface area contributed by atoms with Crippen molar-refractivity contribution in [1.29, 1.82) is 0 Å². The number of benzene rings is 2. The smallest absolute Gasteiger partial charge is 0.315 e. The minimum Gasteiger partial charge on any atom is -0.493 e. The molecule has 34 heavy (non-hydrogen) atoms. The molecule has 1 saturated carbocycles. The SMILES string of the molecule is COc1ccc(-c2cccc3c2CNC3=O)c(OCC2(C(=O)OCC(C)(C)C)CCC2)c1OC. The van der Waals surface area contributed by atoms with Crippen LogP contribution < -0.4 is 19.5 Å². The Morgan fingerprint density at radius 3 is 2.35 bits per heavy atom. The second-order valence-corrected chi connectivity index (χ2v) is 10.3. The lowest BCUT2D eigenvalue weighted by Gasteiger charge is -2.39. The Balaban J connectivity index is 1.69. The number of amides is 1. The van der Waals surface area contributed by atoms with Crippen LogP contribution in [-0.4, -0.2) is 39.3 Å². The standard InChI is InChI=1S/C27H33NO6/c1-26(2,3)15-34-25(30)27(12-7-13-27)16-33-22-18(10-11-21(31-4)23(22)32-5)17-8-6-9-19-20(17)14-28-24(19)29/h6,8-11H,7,12-16H2,1-5H3,(H,28,29). The molecule has 1 aliphatic carbocycles. The first-order valence-corrected chi connectivity index (χ1v) is 11.6. The topological polar surface area (TPSA) is 83.1 Å². The molecule has 1 amide bonds. The van der Waals surface area contributed by atoms with Gasteiger partial charge < -0.3 is 24.3 Å². The van der Waals surface area contributed by atoms with Gasteiger partial charge in [-0.15, -0.1) is 0 Å². The lowest BCUT2D eigenvalue weighted by Crippen LogP contribution is -2.45. The molecule has 0 bridgehead atoms. The number of fused-ring (bicyclic) bond motifs is 1. The molecule has 1 fully saturated rings. The van der Waals surface area contributed by atoms with Crippen molar-refractivity contribution < 1.29 is 28.5 Å². The van der Waals surface area contributed by atoms with Crippen molar-refractivity contribution in [3.8, 4) is 28.4 Å². The molecule has 182 valence electrons. The minimum absolute atomic E-state index is 0.0881. The molecule has 1 heterocycles. The second kappa shape index (κ2) is 9.20. The van der Waals surface area contributed by atoms with Gasteiger partial charge in [0.2, 0.25) is 5.75 Å². The van der Waals surface area contributed by atoms with Crippen LogP contribution >= 0.6 is 0 Å². The van der Waals surface area contributed by atoms with Crippen LogP contribution in [0.5, 0.6) is 17.2 Å². The number of rotatable bonds is 8. The van der Waals surface area contributed by atoms with Crippen molar-refractivity contribution in [2.45, 2.75) is 46.6 Å². The number of ether oxygens (including phenoxy) is 4. The van der Waals surface area contributed by atoms with Gasteiger partial charge >= 0.3 is 5.97 Å². The Bertz CT molecular complexity index is 1100. The van der Waals surface area contributed by atoms with Crippen molar-refractivity contribution in [2.75, 3.05) is 27.4 Å². The lowest BCUT2D eigenvalue weighted by molar-refractivity contribution is -0.167. The van der Waals surface area contributed by atoms with Gasteiger partial charge in [0.1, 0.15) is 12.0 Å². The Hall–Kier alpha value is -3.22. The predicted molar refractivity (Wildman–Crippen MR) is 128 cm³/mol. The summed E-state index contributed by atoms with van der Waals surface area (Å²) in [7, 11) is 3.13. The largest absolute Gasteiger partial charge is 0.493 e. The van der Waals surface area contributed by atoms with Gasteiger partial charge in [0, 0.05) is 17.7 Å². The first-order chi connectivity index (χ1) is 16.2. The van der Waals surface area contributed by atoms with Gasteiger partial charge in [0.15, 0.2) is 11.5 Å². The average molecular weight is 468 g/mol. The molecule has 7 nitrogen and oxygen atoms in total. The van der Waals surface area contributed by atoms with E-state index in [0.29, 0.717) is 36.0 Å². The predicted octanol–water partition coefficient (Wildman–Crippen LogP) is 4.75. The Labute approximate surface area is 200 Å². The van der Waals surface area contributed by atoms with Gasteiger partial charge in [0.05, 0.1) is 20.8 Å². The summed E-state index contributed by atoms with van der Waals surface area (Å²) in [6.45, 7) is 7.10. The molecule has 2 aromatic rings. The van der Waals surface area contributed by atoms with E-state index >= 15 is 0 Å². The molecule has 1 N–H and O–H groups in total. The molecule has 2 aliphatic rings. The maximum Gasteiger partial charge on any atom is 0.315 e. The van der Waals surface area contributed by atoms with Crippen LogP contribution in [0.25, 0.3) is 11.1 Å². The van der Waals surface area contributed by atoms with Crippen LogP contribution in [0.1, 0.15) is 56.0 Å². The number of nitrogens with one attached hydrogen (secondary N) is 1. The van der Waals surface area contributed by atoms with Gasteiger partial charge in [-0.3, -0.25) is 9.59 Å². The summed E-state index contributed by atoms with van der Waals surface area (Å²) in [5.74, 6) is 1.17. The van der Waals surface area contributed by atoms with Gasteiger partial charge in [-0.25, -0.2) is 0 Å². The number of carbonyl (C=O) groups excluding carboxylic acids is 2. The van der Waals surface area contributed by atoms with E-state index in [1.165, 1.54) is 0 Å². The number of esters is 1. The van der Waals surface area contributed by atoms with Gasteiger partial charge in [-0.1, -0.05) is 39.3 Å². The summed E-state index contributed by atoms with van der Waals surface area (Å²) in [6, 6.07) is 9.36. The second-order valence-electron chi connectivity index (χ2n) is 10.3. The van der Waals surface area contributed by atoms with Crippen molar-refractivity contribution >= 4 is 11.9 Å². The first-order valence-electron chi connectivity index (χ1n) is 11.6. The number of carbonyl (C=O) groups is 2. The van der Waals surface area contributed by atoms with Crippen LogP contribution in [0.4, 0.5) is 0 Å². The van der Waals surface area contributed by atoms with Crippen LogP contribution in [-0.2, 0) is 16.1 Å². The molecule has 0 saturated heterocycles. The fourth-order valence-electron chi connectivity index (χ4n) is 4.42.